The van der Waals surface area contributed by atoms with Crippen molar-refractivity contribution in [1.82, 2.24) is 0 Å². The Morgan fingerprint density at radius 1 is 0.926 bits per heavy atom. The first-order valence-corrected chi connectivity index (χ1v) is 8.32. The number of ether oxygens (including phenoxy) is 1. The zero-order chi connectivity index (χ0) is 19.4. The summed E-state index contributed by atoms with van der Waals surface area (Å²) < 4.78 is 41.0. The SMILES string of the molecule is O=C(Nc1ccc(OCC(F)(F)F)cc1)c1ccc(NC(=O)C2CC2)cc1. The van der Waals surface area contributed by atoms with Crippen LogP contribution in [0.2, 0.25) is 0 Å². The van der Waals surface area contributed by atoms with E-state index >= 15 is 0 Å². The van der Waals surface area contributed by atoms with Crippen LogP contribution in [0.5, 0.6) is 5.75 Å². The number of carbonyl (C=O) groups excluding carboxylic acids is 2. The highest BCUT2D eigenvalue weighted by Gasteiger charge is 2.29. The minimum Gasteiger partial charge on any atom is -0.484 e. The van der Waals surface area contributed by atoms with Crippen LogP contribution in [0.3, 0.4) is 0 Å². The molecule has 0 heterocycles. The van der Waals surface area contributed by atoms with Crippen molar-refractivity contribution in [3.63, 3.8) is 0 Å². The fourth-order valence-corrected chi connectivity index (χ4v) is 2.30. The predicted octanol–water partition coefficient (Wildman–Crippen LogP) is 4.23. The number of benzene rings is 2. The van der Waals surface area contributed by atoms with E-state index in [4.69, 9.17) is 0 Å². The Labute approximate surface area is 153 Å². The Bertz CT molecular complexity index is 814. The molecule has 3 rings (SSSR count). The molecule has 2 N–H and O–H groups in total. The number of rotatable bonds is 6. The molecular formula is C19H17F3N2O3. The summed E-state index contributed by atoms with van der Waals surface area (Å²) in [6.07, 6.45) is -2.59. The Hall–Kier alpha value is -3.03. The molecule has 8 heteroatoms. The summed E-state index contributed by atoms with van der Waals surface area (Å²) in [6.45, 7) is -1.37. The van der Waals surface area contributed by atoms with E-state index < -0.39 is 12.8 Å². The Morgan fingerprint density at radius 2 is 1.48 bits per heavy atom. The second-order valence-electron chi connectivity index (χ2n) is 6.22. The Balaban J connectivity index is 1.54. The molecular weight excluding hydrogens is 361 g/mol. The van der Waals surface area contributed by atoms with Gasteiger partial charge in [-0.15, -0.1) is 0 Å². The average molecular weight is 378 g/mol. The van der Waals surface area contributed by atoms with Gasteiger partial charge in [-0.25, -0.2) is 0 Å². The molecule has 142 valence electrons. The number of amides is 2. The van der Waals surface area contributed by atoms with Crippen LogP contribution in [-0.2, 0) is 4.79 Å². The van der Waals surface area contributed by atoms with Gasteiger partial charge in [-0.2, -0.15) is 13.2 Å². The monoisotopic (exact) mass is 378 g/mol. The highest BCUT2D eigenvalue weighted by Crippen LogP contribution is 2.30. The number of anilines is 2. The summed E-state index contributed by atoms with van der Waals surface area (Å²) in [5.41, 5.74) is 1.43. The molecule has 0 aliphatic heterocycles. The zero-order valence-electron chi connectivity index (χ0n) is 14.2. The Kier molecular flexibility index (Phi) is 5.34. The van der Waals surface area contributed by atoms with E-state index in [1.54, 1.807) is 24.3 Å². The van der Waals surface area contributed by atoms with Crippen molar-refractivity contribution in [2.75, 3.05) is 17.2 Å². The molecule has 1 aliphatic rings. The standard InChI is InChI=1S/C19H17F3N2O3/c20-19(21,22)11-27-16-9-7-15(8-10-16)24-18(26)13-3-5-14(6-4-13)23-17(25)12-1-2-12/h3-10,12H,1-2,11H2,(H,23,25)(H,24,26). The van der Waals surface area contributed by atoms with Crippen LogP contribution < -0.4 is 15.4 Å². The highest BCUT2D eigenvalue weighted by molar-refractivity contribution is 6.04. The van der Waals surface area contributed by atoms with Crippen molar-refractivity contribution in [2.24, 2.45) is 5.92 Å². The molecule has 1 saturated carbocycles. The third-order valence-corrected chi connectivity index (χ3v) is 3.88. The first kappa shape index (κ1) is 18.8. The van der Waals surface area contributed by atoms with Crippen LogP contribution in [0.15, 0.2) is 48.5 Å². The van der Waals surface area contributed by atoms with Crippen molar-refractivity contribution in [1.29, 1.82) is 0 Å². The van der Waals surface area contributed by atoms with E-state index in [-0.39, 0.29) is 23.5 Å². The first-order valence-electron chi connectivity index (χ1n) is 8.32. The van der Waals surface area contributed by atoms with Crippen LogP contribution in [-0.4, -0.2) is 24.6 Å². The summed E-state index contributed by atoms with van der Waals surface area (Å²) in [7, 11) is 0. The minimum atomic E-state index is -4.41. The maximum Gasteiger partial charge on any atom is 0.422 e. The lowest BCUT2D eigenvalue weighted by Gasteiger charge is -2.10. The van der Waals surface area contributed by atoms with Gasteiger partial charge in [0.05, 0.1) is 0 Å². The number of hydrogen-bond donors (Lipinski definition) is 2. The molecule has 0 bridgehead atoms. The molecule has 5 nitrogen and oxygen atoms in total. The average Bonchev–Trinajstić information content (AvgIpc) is 3.46. The van der Waals surface area contributed by atoms with E-state index in [9.17, 15) is 22.8 Å². The fourth-order valence-electron chi connectivity index (χ4n) is 2.30. The van der Waals surface area contributed by atoms with E-state index in [0.717, 1.165) is 12.8 Å². The van der Waals surface area contributed by atoms with Crippen LogP contribution in [0.1, 0.15) is 23.2 Å². The minimum absolute atomic E-state index is 0.0139. The van der Waals surface area contributed by atoms with Crippen LogP contribution in [0.25, 0.3) is 0 Å². The quantitative estimate of drug-likeness (QED) is 0.791. The van der Waals surface area contributed by atoms with E-state index in [0.29, 0.717) is 16.9 Å². The van der Waals surface area contributed by atoms with Crippen molar-refractivity contribution < 1.29 is 27.5 Å². The number of nitrogens with one attached hydrogen (secondary N) is 2. The summed E-state index contributed by atoms with van der Waals surface area (Å²) >= 11 is 0. The summed E-state index contributed by atoms with van der Waals surface area (Å²) in [6, 6.07) is 12.0. The van der Waals surface area contributed by atoms with E-state index in [2.05, 4.69) is 15.4 Å². The summed E-state index contributed by atoms with van der Waals surface area (Å²) in [5.74, 6) is -0.240. The van der Waals surface area contributed by atoms with Gasteiger partial charge in [0.1, 0.15) is 5.75 Å². The van der Waals surface area contributed by atoms with Gasteiger partial charge in [0.25, 0.3) is 5.91 Å². The van der Waals surface area contributed by atoms with Gasteiger partial charge in [-0.3, -0.25) is 9.59 Å². The second kappa shape index (κ2) is 7.69. The highest BCUT2D eigenvalue weighted by atomic mass is 19.4. The number of carbonyl (C=O) groups is 2. The number of halogens is 3. The predicted molar refractivity (Wildman–Crippen MR) is 93.7 cm³/mol. The largest absolute Gasteiger partial charge is 0.484 e. The zero-order valence-corrected chi connectivity index (χ0v) is 14.2. The molecule has 2 aromatic rings. The van der Waals surface area contributed by atoms with Gasteiger partial charge in [-0.1, -0.05) is 0 Å². The van der Waals surface area contributed by atoms with Crippen LogP contribution in [0.4, 0.5) is 24.5 Å². The molecule has 0 atom stereocenters. The Morgan fingerprint density at radius 3 is 2.04 bits per heavy atom. The molecule has 1 aliphatic carbocycles. The van der Waals surface area contributed by atoms with Gasteiger partial charge in [-0.05, 0) is 61.4 Å². The molecule has 1 fully saturated rings. The van der Waals surface area contributed by atoms with Crippen molar-refractivity contribution in [3.8, 4) is 5.75 Å². The van der Waals surface area contributed by atoms with Crippen molar-refractivity contribution in [2.45, 2.75) is 19.0 Å². The number of hydrogen-bond acceptors (Lipinski definition) is 3. The first-order chi connectivity index (χ1) is 12.8. The van der Waals surface area contributed by atoms with Crippen molar-refractivity contribution in [3.05, 3.63) is 54.1 Å². The van der Waals surface area contributed by atoms with Gasteiger partial charge in [0.15, 0.2) is 6.61 Å². The maximum atomic E-state index is 12.2. The molecule has 0 spiro atoms. The van der Waals surface area contributed by atoms with Gasteiger partial charge in [0, 0.05) is 22.9 Å². The molecule has 0 aromatic heterocycles. The molecule has 0 saturated heterocycles. The molecule has 2 aromatic carbocycles. The normalized spacial score (nSPS) is 13.7. The third-order valence-electron chi connectivity index (χ3n) is 3.88. The van der Waals surface area contributed by atoms with Gasteiger partial charge < -0.3 is 15.4 Å². The lowest BCUT2D eigenvalue weighted by molar-refractivity contribution is -0.153. The van der Waals surface area contributed by atoms with Crippen LogP contribution in [0, 0.1) is 5.92 Å². The molecule has 27 heavy (non-hydrogen) atoms. The molecule has 0 unspecified atom stereocenters. The van der Waals surface area contributed by atoms with Crippen molar-refractivity contribution >= 4 is 23.2 Å². The lowest BCUT2D eigenvalue weighted by Crippen LogP contribution is -2.19. The lowest BCUT2D eigenvalue weighted by atomic mass is 10.2. The van der Waals surface area contributed by atoms with E-state index in [1.165, 1.54) is 24.3 Å². The fraction of sp³-hybridized carbons (Fsp3) is 0.263. The number of alkyl halides is 3. The molecule has 2 amide bonds. The third kappa shape index (κ3) is 5.73. The summed E-state index contributed by atoms with van der Waals surface area (Å²) in [4.78, 5) is 23.9. The van der Waals surface area contributed by atoms with E-state index in [1.807, 2.05) is 0 Å². The van der Waals surface area contributed by atoms with Gasteiger partial charge >= 0.3 is 6.18 Å². The molecule has 0 radical (unpaired) electrons. The van der Waals surface area contributed by atoms with Crippen LogP contribution >= 0.6 is 0 Å². The topological polar surface area (TPSA) is 67.4 Å². The van der Waals surface area contributed by atoms with Gasteiger partial charge in [0.2, 0.25) is 5.91 Å². The smallest absolute Gasteiger partial charge is 0.422 e. The second-order valence-corrected chi connectivity index (χ2v) is 6.22. The maximum absolute atomic E-state index is 12.2. The summed E-state index contributed by atoms with van der Waals surface area (Å²) in [5, 5.41) is 5.43.